The molecule has 1 saturated heterocycles. The van der Waals surface area contributed by atoms with E-state index in [1.807, 2.05) is 18.2 Å². The van der Waals surface area contributed by atoms with Crippen molar-refractivity contribution in [2.45, 2.75) is 37.6 Å². The zero-order valence-corrected chi connectivity index (χ0v) is 12.9. The summed E-state index contributed by atoms with van der Waals surface area (Å²) in [5.74, 6) is -1.03. The van der Waals surface area contributed by atoms with Crippen LogP contribution in [0, 0.1) is 0 Å². The number of amides is 3. The van der Waals surface area contributed by atoms with Gasteiger partial charge in [-0.2, -0.15) is 0 Å². The van der Waals surface area contributed by atoms with Gasteiger partial charge < -0.3 is 5.32 Å². The van der Waals surface area contributed by atoms with E-state index in [9.17, 15) is 14.4 Å². The first-order valence-corrected chi connectivity index (χ1v) is 7.76. The summed E-state index contributed by atoms with van der Waals surface area (Å²) >= 11 is 3.43. The van der Waals surface area contributed by atoms with Gasteiger partial charge in [-0.1, -0.05) is 22.0 Å². The van der Waals surface area contributed by atoms with Gasteiger partial charge in [0, 0.05) is 10.9 Å². The van der Waals surface area contributed by atoms with Gasteiger partial charge in [0.25, 0.3) is 0 Å². The molecule has 3 rings (SSSR count). The number of fused-ring (bicyclic) bond motifs is 1. The molecular weight excluding hydrogens is 336 g/mol. The molecule has 2 unspecified atom stereocenters. The molecule has 1 aromatic rings. The second-order valence-corrected chi connectivity index (χ2v) is 6.36. The fourth-order valence-electron chi connectivity index (χ4n) is 2.96. The van der Waals surface area contributed by atoms with Crippen LogP contribution in [0.2, 0.25) is 0 Å². The Morgan fingerprint density at radius 1 is 1.24 bits per heavy atom. The lowest BCUT2D eigenvalue weighted by Gasteiger charge is -2.23. The predicted molar refractivity (Wildman–Crippen MR) is 79.5 cm³/mol. The van der Waals surface area contributed by atoms with Crippen molar-refractivity contribution in [2.75, 3.05) is 0 Å². The van der Waals surface area contributed by atoms with Crippen LogP contribution in [0.15, 0.2) is 22.7 Å². The lowest BCUT2D eigenvalue weighted by atomic mass is 9.99. The molecule has 6 heteroatoms. The Kier molecular flexibility index (Phi) is 3.80. The molecule has 1 aliphatic heterocycles. The third-order valence-corrected chi connectivity index (χ3v) is 4.55. The largest absolute Gasteiger partial charge is 0.344 e. The highest BCUT2D eigenvalue weighted by molar-refractivity contribution is 9.10. The third-order valence-electron chi connectivity index (χ3n) is 4.05. The molecule has 2 atom stereocenters. The highest BCUT2D eigenvalue weighted by Crippen LogP contribution is 2.35. The number of piperidine rings is 1. The first-order chi connectivity index (χ1) is 10.0. The van der Waals surface area contributed by atoms with Crippen molar-refractivity contribution in [1.29, 1.82) is 0 Å². The van der Waals surface area contributed by atoms with E-state index in [0.717, 1.165) is 22.9 Å². The molecule has 1 aliphatic carbocycles. The molecular formula is C15H15BrN2O3. The number of carbonyl (C=O) groups is 3. The van der Waals surface area contributed by atoms with Crippen molar-refractivity contribution >= 4 is 33.7 Å². The van der Waals surface area contributed by atoms with Crippen LogP contribution in [-0.4, -0.2) is 23.8 Å². The predicted octanol–water partition coefficient (Wildman–Crippen LogP) is 1.40. The SMILES string of the molecule is O=C1CCC(NC(=O)C2CCc3cc(Br)ccc32)C(=O)N1. The van der Waals surface area contributed by atoms with Gasteiger partial charge in [0.2, 0.25) is 17.7 Å². The average molecular weight is 351 g/mol. The van der Waals surface area contributed by atoms with Crippen molar-refractivity contribution in [1.82, 2.24) is 10.6 Å². The van der Waals surface area contributed by atoms with Crippen molar-refractivity contribution in [3.63, 3.8) is 0 Å². The molecule has 0 saturated carbocycles. The monoisotopic (exact) mass is 350 g/mol. The molecule has 1 aromatic carbocycles. The molecule has 2 N–H and O–H groups in total. The molecule has 0 spiro atoms. The highest BCUT2D eigenvalue weighted by Gasteiger charge is 2.33. The van der Waals surface area contributed by atoms with E-state index in [4.69, 9.17) is 0 Å². The van der Waals surface area contributed by atoms with E-state index in [2.05, 4.69) is 26.6 Å². The average Bonchev–Trinajstić information content (AvgIpc) is 2.84. The van der Waals surface area contributed by atoms with E-state index in [1.165, 1.54) is 5.56 Å². The molecule has 2 aliphatic rings. The van der Waals surface area contributed by atoms with Gasteiger partial charge in [0.1, 0.15) is 6.04 Å². The first-order valence-electron chi connectivity index (χ1n) is 6.97. The van der Waals surface area contributed by atoms with E-state index in [-0.39, 0.29) is 24.2 Å². The van der Waals surface area contributed by atoms with Crippen LogP contribution in [0.5, 0.6) is 0 Å². The summed E-state index contributed by atoms with van der Waals surface area (Å²) in [6, 6.07) is 5.32. The molecule has 1 heterocycles. The zero-order chi connectivity index (χ0) is 15.0. The maximum Gasteiger partial charge on any atom is 0.249 e. The van der Waals surface area contributed by atoms with Crippen LogP contribution in [0.1, 0.15) is 36.3 Å². The van der Waals surface area contributed by atoms with Crippen LogP contribution in [0.3, 0.4) is 0 Å². The summed E-state index contributed by atoms with van der Waals surface area (Å²) < 4.78 is 1.01. The number of aryl methyl sites for hydroxylation is 1. The number of rotatable bonds is 2. The van der Waals surface area contributed by atoms with Crippen molar-refractivity contribution in [3.8, 4) is 0 Å². The number of carbonyl (C=O) groups excluding carboxylic acids is 3. The van der Waals surface area contributed by atoms with E-state index in [1.54, 1.807) is 0 Å². The normalized spacial score (nSPS) is 24.4. The Bertz CT molecular complexity index is 629. The van der Waals surface area contributed by atoms with Crippen molar-refractivity contribution in [3.05, 3.63) is 33.8 Å². The number of hydrogen-bond acceptors (Lipinski definition) is 3. The van der Waals surface area contributed by atoms with Crippen LogP contribution in [0.25, 0.3) is 0 Å². The van der Waals surface area contributed by atoms with E-state index in [0.29, 0.717) is 6.42 Å². The van der Waals surface area contributed by atoms with Crippen LogP contribution in [-0.2, 0) is 20.8 Å². The minimum Gasteiger partial charge on any atom is -0.344 e. The summed E-state index contributed by atoms with van der Waals surface area (Å²) in [6.45, 7) is 0. The van der Waals surface area contributed by atoms with Crippen LogP contribution in [0.4, 0.5) is 0 Å². The third kappa shape index (κ3) is 2.85. The standard InChI is InChI=1S/C15H15BrN2O3/c16-9-2-4-10-8(7-9)1-3-11(10)14(20)17-12-5-6-13(19)18-15(12)21/h2,4,7,11-12H,1,3,5-6H2,(H,17,20)(H,18,19,21). The molecule has 21 heavy (non-hydrogen) atoms. The topological polar surface area (TPSA) is 75.3 Å². The summed E-state index contributed by atoms with van der Waals surface area (Å²) in [7, 11) is 0. The maximum absolute atomic E-state index is 12.4. The molecule has 0 aromatic heterocycles. The Labute approximate surface area is 130 Å². The number of imide groups is 1. The van der Waals surface area contributed by atoms with Crippen molar-refractivity contribution < 1.29 is 14.4 Å². The molecule has 0 bridgehead atoms. The van der Waals surface area contributed by atoms with E-state index >= 15 is 0 Å². The van der Waals surface area contributed by atoms with Gasteiger partial charge >= 0.3 is 0 Å². The molecule has 3 amide bonds. The smallest absolute Gasteiger partial charge is 0.249 e. The lowest BCUT2D eigenvalue weighted by molar-refractivity contribution is -0.137. The Balaban J connectivity index is 1.70. The Morgan fingerprint density at radius 2 is 2.05 bits per heavy atom. The van der Waals surface area contributed by atoms with Crippen LogP contribution < -0.4 is 10.6 Å². The van der Waals surface area contributed by atoms with Gasteiger partial charge in [-0.15, -0.1) is 0 Å². The fourth-order valence-corrected chi connectivity index (χ4v) is 3.37. The second kappa shape index (κ2) is 5.60. The van der Waals surface area contributed by atoms with Gasteiger partial charge in [0.05, 0.1) is 5.92 Å². The number of nitrogens with one attached hydrogen (secondary N) is 2. The quantitative estimate of drug-likeness (QED) is 0.791. The zero-order valence-electron chi connectivity index (χ0n) is 11.3. The molecule has 110 valence electrons. The lowest BCUT2D eigenvalue weighted by Crippen LogP contribution is -2.53. The molecule has 0 radical (unpaired) electrons. The molecule has 1 fully saturated rings. The Hall–Kier alpha value is -1.69. The van der Waals surface area contributed by atoms with Crippen LogP contribution >= 0.6 is 15.9 Å². The van der Waals surface area contributed by atoms with Gasteiger partial charge in [0.15, 0.2) is 0 Å². The minimum atomic E-state index is -0.602. The molecule has 5 nitrogen and oxygen atoms in total. The summed E-state index contributed by atoms with van der Waals surface area (Å²) in [6.07, 6.45) is 2.26. The van der Waals surface area contributed by atoms with Crippen molar-refractivity contribution in [2.24, 2.45) is 0 Å². The van der Waals surface area contributed by atoms with Gasteiger partial charge in [-0.25, -0.2) is 0 Å². The summed E-state index contributed by atoms with van der Waals surface area (Å²) in [4.78, 5) is 35.2. The van der Waals surface area contributed by atoms with Gasteiger partial charge in [-0.3, -0.25) is 19.7 Å². The first kappa shape index (κ1) is 14.3. The number of halogens is 1. The van der Waals surface area contributed by atoms with E-state index < -0.39 is 11.9 Å². The summed E-state index contributed by atoms with van der Waals surface area (Å²) in [5.41, 5.74) is 2.20. The highest BCUT2D eigenvalue weighted by atomic mass is 79.9. The second-order valence-electron chi connectivity index (χ2n) is 5.45. The summed E-state index contributed by atoms with van der Waals surface area (Å²) in [5, 5.41) is 5.02. The Morgan fingerprint density at radius 3 is 2.81 bits per heavy atom. The number of hydrogen-bond donors (Lipinski definition) is 2. The van der Waals surface area contributed by atoms with Gasteiger partial charge in [-0.05, 0) is 42.5 Å². The minimum absolute atomic E-state index is 0.134. The maximum atomic E-state index is 12.4. The number of benzene rings is 1. The fraction of sp³-hybridized carbons (Fsp3) is 0.400.